The highest BCUT2D eigenvalue weighted by molar-refractivity contribution is 5.35. The molecule has 0 radical (unpaired) electrons. The second-order valence-corrected chi connectivity index (χ2v) is 4.11. The maximum atomic E-state index is 5.78. The number of benzene rings is 1. The third-order valence-electron chi connectivity index (χ3n) is 2.52. The second kappa shape index (κ2) is 4.88. The Hall–Kier alpha value is -1.70. The van der Waals surface area contributed by atoms with Gasteiger partial charge in [0.1, 0.15) is 12.4 Å². The number of hydrogen-bond acceptors (Lipinski definition) is 2. The zero-order valence-electron chi connectivity index (χ0n) is 9.64. The molecule has 0 aliphatic rings. The van der Waals surface area contributed by atoms with Crippen molar-refractivity contribution in [1.29, 1.82) is 0 Å². The minimum atomic E-state index is 0.473. The fourth-order valence-electron chi connectivity index (χ4n) is 1.62. The first-order chi connectivity index (χ1) is 7.77. The Bertz CT molecular complexity index is 430. The molecule has 2 nitrogen and oxygen atoms in total. The third kappa shape index (κ3) is 2.45. The quantitative estimate of drug-likeness (QED) is 0.771. The molecule has 1 heterocycles. The molecule has 1 aromatic carbocycles. The Morgan fingerprint density at radius 1 is 1.19 bits per heavy atom. The normalized spacial score (nSPS) is 10.7. The van der Waals surface area contributed by atoms with Gasteiger partial charge in [0, 0.05) is 5.56 Å². The first-order valence-corrected chi connectivity index (χ1v) is 5.50. The summed E-state index contributed by atoms with van der Waals surface area (Å²) in [4.78, 5) is 0. The lowest BCUT2D eigenvalue weighted by Gasteiger charge is -2.12. The predicted octanol–water partition coefficient (Wildman–Crippen LogP) is 3.98. The van der Waals surface area contributed by atoms with E-state index in [2.05, 4.69) is 19.9 Å². The molecule has 84 valence electrons. The Kier molecular flexibility index (Phi) is 3.30. The molecule has 0 saturated heterocycles. The van der Waals surface area contributed by atoms with E-state index in [1.165, 1.54) is 5.56 Å². The van der Waals surface area contributed by atoms with Crippen LogP contribution >= 0.6 is 0 Å². The average molecular weight is 216 g/mol. The van der Waals surface area contributed by atoms with Gasteiger partial charge in [-0.2, -0.15) is 0 Å². The zero-order valence-corrected chi connectivity index (χ0v) is 9.64. The van der Waals surface area contributed by atoms with Crippen molar-refractivity contribution in [2.24, 2.45) is 0 Å². The van der Waals surface area contributed by atoms with E-state index in [4.69, 9.17) is 9.15 Å². The van der Waals surface area contributed by atoms with Gasteiger partial charge < -0.3 is 9.15 Å². The van der Waals surface area contributed by atoms with Crippen LogP contribution in [0.15, 0.2) is 47.3 Å². The summed E-state index contributed by atoms with van der Waals surface area (Å²) in [6.07, 6.45) is 3.37. The minimum absolute atomic E-state index is 0.473. The molecule has 16 heavy (non-hydrogen) atoms. The van der Waals surface area contributed by atoms with Gasteiger partial charge in [-0.3, -0.25) is 0 Å². The van der Waals surface area contributed by atoms with Gasteiger partial charge in [-0.25, -0.2) is 0 Å². The van der Waals surface area contributed by atoms with E-state index in [9.17, 15) is 0 Å². The SMILES string of the molecule is CC(C)c1ccccc1OCc1ccoc1. The fraction of sp³-hybridized carbons (Fsp3) is 0.286. The molecular weight excluding hydrogens is 200 g/mol. The number of ether oxygens (including phenoxy) is 1. The lowest BCUT2D eigenvalue weighted by molar-refractivity contribution is 0.300. The van der Waals surface area contributed by atoms with Crippen LogP contribution in [0.25, 0.3) is 0 Å². The molecule has 2 heteroatoms. The van der Waals surface area contributed by atoms with Crippen LogP contribution in [-0.4, -0.2) is 0 Å². The van der Waals surface area contributed by atoms with Gasteiger partial charge >= 0.3 is 0 Å². The van der Waals surface area contributed by atoms with Crippen molar-refractivity contribution in [3.63, 3.8) is 0 Å². The van der Waals surface area contributed by atoms with Crippen molar-refractivity contribution in [2.45, 2.75) is 26.4 Å². The first kappa shape index (κ1) is 10.8. The molecule has 2 rings (SSSR count). The molecule has 1 aromatic heterocycles. The lowest BCUT2D eigenvalue weighted by atomic mass is 10.0. The van der Waals surface area contributed by atoms with Crippen molar-refractivity contribution < 1.29 is 9.15 Å². The van der Waals surface area contributed by atoms with Gasteiger partial charge in [0.25, 0.3) is 0 Å². The van der Waals surface area contributed by atoms with Crippen molar-refractivity contribution in [1.82, 2.24) is 0 Å². The minimum Gasteiger partial charge on any atom is -0.488 e. The third-order valence-corrected chi connectivity index (χ3v) is 2.52. The highest BCUT2D eigenvalue weighted by atomic mass is 16.5. The van der Waals surface area contributed by atoms with Crippen LogP contribution < -0.4 is 4.74 Å². The summed E-state index contributed by atoms with van der Waals surface area (Å²) < 4.78 is 10.8. The molecule has 0 N–H and O–H groups in total. The van der Waals surface area contributed by atoms with Crippen LogP contribution in [-0.2, 0) is 6.61 Å². The summed E-state index contributed by atoms with van der Waals surface area (Å²) >= 11 is 0. The van der Waals surface area contributed by atoms with Gasteiger partial charge in [-0.1, -0.05) is 32.0 Å². The second-order valence-electron chi connectivity index (χ2n) is 4.11. The number of para-hydroxylation sites is 1. The molecular formula is C14H16O2. The van der Waals surface area contributed by atoms with E-state index in [0.29, 0.717) is 12.5 Å². The Morgan fingerprint density at radius 2 is 2.00 bits per heavy atom. The summed E-state index contributed by atoms with van der Waals surface area (Å²) in [5.74, 6) is 1.43. The summed E-state index contributed by atoms with van der Waals surface area (Å²) in [6.45, 7) is 4.89. The predicted molar refractivity (Wildman–Crippen MR) is 63.6 cm³/mol. The maximum absolute atomic E-state index is 5.78. The molecule has 2 aromatic rings. The monoisotopic (exact) mass is 216 g/mol. The van der Waals surface area contributed by atoms with Gasteiger partial charge in [0.2, 0.25) is 0 Å². The van der Waals surface area contributed by atoms with E-state index >= 15 is 0 Å². The maximum Gasteiger partial charge on any atom is 0.123 e. The molecule has 0 bridgehead atoms. The molecule has 0 unspecified atom stereocenters. The van der Waals surface area contributed by atoms with Crippen LogP contribution in [0.4, 0.5) is 0 Å². The number of hydrogen-bond donors (Lipinski definition) is 0. The van der Waals surface area contributed by atoms with E-state index < -0.39 is 0 Å². The van der Waals surface area contributed by atoms with Crippen molar-refractivity contribution in [3.05, 3.63) is 54.0 Å². The van der Waals surface area contributed by atoms with Crippen LogP contribution in [0.1, 0.15) is 30.9 Å². The molecule has 0 spiro atoms. The molecule has 0 aliphatic heterocycles. The van der Waals surface area contributed by atoms with E-state index in [0.717, 1.165) is 11.3 Å². The number of rotatable bonds is 4. The highest BCUT2D eigenvalue weighted by Crippen LogP contribution is 2.26. The molecule has 0 amide bonds. The molecule has 0 atom stereocenters. The number of furan rings is 1. The first-order valence-electron chi connectivity index (χ1n) is 5.50. The van der Waals surface area contributed by atoms with Gasteiger partial charge in [-0.15, -0.1) is 0 Å². The van der Waals surface area contributed by atoms with E-state index in [-0.39, 0.29) is 0 Å². The van der Waals surface area contributed by atoms with Gasteiger partial charge in [0.05, 0.1) is 12.5 Å². The zero-order chi connectivity index (χ0) is 11.4. The van der Waals surface area contributed by atoms with Crippen molar-refractivity contribution >= 4 is 0 Å². The topological polar surface area (TPSA) is 22.4 Å². The van der Waals surface area contributed by atoms with Gasteiger partial charge in [-0.05, 0) is 23.6 Å². The Balaban J connectivity index is 2.09. The van der Waals surface area contributed by atoms with Gasteiger partial charge in [0.15, 0.2) is 0 Å². The summed E-state index contributed by atoms with van der Waals surface area (Å²) in [5, 5.41) is 0. The highest BCUT2D eigenvalue weighted by Gasteiger charge is 2.06. The summed E-state index contributed by atoms with van der Waals surface area (Å²) in [6, 6.07) is 10.1. The fourth-order valence-corrected chi connectivity index (χ4v) is 1.62. The van der Waals surface area contributed by atoms with Crippen LogP contribution in [0, 0.1) is 0 Å². The Labute approximate surface area is 95.9 Å². The van der Waals surface area contributed by atoms with Crippen molar-refractivity contribution in [3.8, 4) is 5.75 Å². The Morgan fingerprint density at radius 3 is 2.69 bits per heavy atom. The van der Waals surface area contributed by atoms with Crippen LogP contribution in [0.3, 0.4) is 0 Å². The smallest absolute Gasteiger partial charge is 0.123 e. The summed E-state index contributed by atoms with van der Waals surface area (Å²) in [5.41, 5.74) is 2.30. The van der Waals surface area contributed by atoms with E-state index in [1.807, 2.05) is 24.3 Å². The lowest BCUT2D eigenvalue weighted by Crippen LogP contribution is -1.98. The van der Waals surface area contributed by atoms with Crippen molar-refractivity contribution in [2.75, 3.05) is 0 Å². The average Bonchev–Trinajstić information content (AvgIpc) is 2.79. The molecule has 0 aliphatic carbocycles. The van der Waals surface area contributed by atoms with Crippen LogP contribution in [0.5, 0.6) is 5.75 Å². The van der Waals surface area contributed by atoms with E-state index in [1.54, 1.807) is 12.5 Å². The largest absolute Gasteiger partial charge is 0.488 e. The standard InChI is InChI=1S/C14H16O2/c1-11(2)13-5-3-4-6-14(13)16-10-12-7-8-15-9-12/h3-9,11H,10H2,1-2H3. The summed E-state index contributed by atoms with van der Waals surface area (Å²) in [7, 11) is 0. The molecule has 0 saturated carbocycles. The van der Waals surface area contributed by atoms with Crippen LogP contribution in [0.2, 0.25) is 0 Å². The molecule has 0 fully saturated rings.